The van der Waals surface area contributed by atoms with Crippen LogP contribution in [-0.4, -0.2) is 58.5 Å². The van der Waals surface area contributed by atoms with E-state index in [4.69, 9.17) is 14.2 Å². The summed E-state index contributed by atoms with van der Waals surface area (Å²) in [5, 5.41) is 15.6. The van der Waals surface area contributed by atoms with E-state index in [2.05, 4.69) is 25.7 Å². The van der Waals surface area contributed by atoms with E-state index in [0.29, 0.717) is 34.3 Å². The number of likely N-dealkylation sites (N-methyl/N-ethyl adjacent to an activating group) is 1. The molecule has 1 N–H and O–H groups in total. The van der Waals surface area contributed by atoms with Crippen molar-refractivity contribution < 1.29 is 19.0 Å². The highest BCUT2D eigenvalue weighted by Crippen LogP contribution is 2.50. The Balaban J connectivity index is 1.40. The molecule has 0 radical (unpaired) electrons. The minimum atomic E-state index is -0.296. The molecule has 3 heterocycles. The summed E-state index contributed by atoms with van der Waals surface area (Å²) in [5.74, 6) is 2.30. The number of rotatable bonds is 5. The molecule has 1 atom stereocenters. The van der Waals surface area contributed by atoms with Crippen LogP contribution in [0, 0.1) is 0 Å². The Morgan fingerprint density at radius 1 is 1.11 bits per heavy atom. The Morgan fingerprint density at radius 2 is 1.97 bits per heavy atom. The van der Waals surface area contributed by atoms with Crippen molar-refractivity contribution >= 4 is 11.6 Å². The number of nitrogens with zero attached hydrogens (tertiary/aromatic N) is 5. The van der Waals surface area contributed by atoms with Crippen LogP contribution in [0.1, 0.15) is 33.4 Å². The van der Waals surface area contributed by atoms with Gasteiger partial charge in [0.25, 0.3) is 5.91 Å². The maximum atomic E-state index is 12.9. The van der Waals surface area contributed by atoms with Crippen LogP contribution in [0.4, 0.5) is 5.69 Å². The molecule has 1 unspecified atom stereocenters. The number of methoxy groups -OCH3 is 1. The molecule has 10 heteroatoms. The van der Waals surface area contributed by atoms with Crippen molar-refractivity contribution in [3.05, 3.63) is 83.2 Å². The summed E-state index contributed by atoms with van der Waals surface area (Å²) < 4.78 is 18.8. The minimum absolute atomic E-state index is 0.157. The molecule has 0 saturated heterocycles. The predicted octanol–water partition coefficient (Wildman–Crippen LogP) is 3.23. The number of hydrogen-bond donors (Lipinski definition) is 1. The Morgan fingerprint density at radius 3 is 2.81 bits per heavy atom. The number of carbonyl (C=O) groups is 1. The molecule has 10 nitrogen and oxygen atoms in total. The Kier molecular flexibility index (Phi) is 5.49. The summed E-state index contributed by atoms with van der Waals surface area (Å²) in [4.78, 5) is 15.1. The van der Waals surface area contributed by atoms with Gasteiger partial charge >= 0.3 is 0 Å². The lowest BCUT2D eigenvalue weighted by atomic mass is 9.90. The van der Waals surface area contributed by atoms with Crippen LogP contribution in [0.2, 0.25) is 0 Å². The standard InChI is InChI=1S/C26H24N6O4/c1-31-12-11-16-14-20-23(36-15-35-20)24(34-2)21(16)22(31)25-28-29-30-32(25)19-10-6-7-17(13-19)26(33)27-18-8-4-3-5-9-18/h3-10,13-14,22H,11-12,15H2,1-2H3,(H,27,33). The first-order valence-electron chi connectivity index (χ1n) is 11.6. The number of amides is 1. The molecule has 36 heavy (non-hydrogen) atoms. The Hall–Kier alpha value is -4.44. The second kappa shape index (κ2) is 8.97. The van der Waals surface area contributed by atoms with E-state index in [1.165, 1.54) is 0 Å². The molecule has 0 spiro atoms. The molecular formula is C26H24N6O4. The molecule has 3 aromatic carbocycles. The second-order valence-corrected chi connectivity index (χ2v) is 8.67. The van der Waals surface area contributed by atoms with E-state index >= 15 is 0 Å². The number of fused-ring (bicyclic) bond motifs is 2. The number of nitrogens with one attached hydrogen (secondary N) is 1. The van der Waals surface area contributed by atoms with Crippen molar-refractivity contribution in [2.24, 2.45) is 0 Å². The molecule has 182 valence electrons. The van der Waals surface area contributed by atoms with Crippen LogP contribution in [0.25, 0.3) is 5.69 Å². The fourth-order valence-corrected chi connectivity index (χ4v) is 4.81. The van der Waals surface area contributed by atoms with Crippen molar-refractivity contribution in [3.63, 3.8) is 0 Å². The molecule has 0 saturated carbocycles. The first kappa shape index (κ1) is 22.1. The predicted molar refractivity (Wildman–Crippen MR) is 131 cm³/mol. The molecule has 2 aliphatic rings. The van der Waals surface area contributed by atoms with Gasteiger partial charge in [0.1, 0.15) is 6.04 Å². The highest BCUT2D eigenvalue weighted by Gasteiger charge is 2.37. The summed E-state index contributed by atoms with van der Waals surface area (Å²) >= 11 is 0. The average molecular weight is 485 g/mol. The molecule has 0 fully saturated rings. The summed E-state index contributed by atoms with van der Waals surface area (Å²) in [7, 11) is 3.65. The van der Waals surface area contributed by atoms with Crippen LogP contribution >= 0.6 is 0 Å². The van der Waals surface area contributed by atoms with Gasteiger partial charge in [0.05, 0.1) is 12.8 Å². The van der Waals surface area contributed by atoms with Gasteiger partial charge in [-0.1, -0.05) is 24.3 Å². The van der Waals surface area contributed by atoms with Gasteiger partial charge in [0.15, 0.2) is 17.3 Å². The minimum Gasteiger partial charge on any atom is -0.492 e. The molecule has 4 aromatic rings. The fraction of sp³-hybridized carbons (Fsp3) is 0.231. The Bertz CT molecular complexity index is 1440. The zero-order valence-corrected chi connectivity index (χ0v) is 19.8. The van der Waals surface area contributed by atoms with Crippen molar-refractivity contribution in [3.8, 4) is 22.9 Å². The van der Waals surface area contributed by atoms with E-state index in [1.807, 2.05) is 55.6 Å². The quantitative estimate of drug-likeness (QED) is 0.461. The fourth-order valence-electron chi connectivity index (χ4n) is 4.81. The van der Waals surface area contributed by atoms with Gasteiger partial charge in [0, 0.05) is 23.4 Å². The largest absolute Gasteiger partial charge is 0.492 e. The average Bonchev–Trinajstić information content (AvgIpc) is 3.58. The first-order valence-corrected chi connectivity index (χ1v) is 11.6. The highest BCUT2D eigenvalue weighted by molar-refractivity contribution is 6.04. The summed E-state index contributed by atoms with van der Waals surface area (Å²) in [5.41, 5.74) is 3.95. The third kappa shape index (κ3) is 3.72. The van der Waals surface area contributed by atoms with E-state index in [-0.39, 0.29) is 18.7 Å². The molecular weight excluding hydrogens is 460 g/mol. The SMILES string of the molecule is COc1c2c(cc3c1C(c1nnnn1-c1cccc(C(=O)Nc4ccccc4)c1)N(C)CC3)OCO2. The molecule has 0 bridgehead atoms. The van der Waals surface area contributed by atoms with Crippen LogP contribution in [-0.2, 0) is 6.42 Å². The van der Waals surface area contributed by atoms with E-state index in [1.54, 1.807) is 23.9 Å². The van der Waals surface area contributed by atoms with Crippen molar-refractivity contribution in [1.29, 1.82) is 0 Å². The Labute approximate surface area is 207 Å². The number of para-hydroxylation sites is 1. The lowest BCUT2D eigenvalue weighted by Gasteiger charge is -2.34. The summed E-state index contributed by atoms with van der Waals surface area (Å²) in [6.07, 6.45) is 0.825. The van der Waals surface area contributed by atoms with E-state index in [9.17, 15) is 4.79 Å². The van der Waals surface area contributed by atoms with Crippen LogP contribution in [0.5, 0.6) is 17.2 Å². The van der Waals surface area contributed by atoms with Gasteiger partial charge in [-0.25, -0.2) is 0 Å². The third-order valence-corrected chi connectivity index (χ3v) is 6.52. The van der Waals surface area contributed by atoms with Gasteiger partial charge in [-0.2, -0.15) is 4.68 Å². The first-order chi connectivity index (χ1) is 17.6. The zero-order chi connectivity index (χ0) is 24.6. The van der Waals surface area contributed by atoms with Crippen molar-refractivity contribution in [1.82, 2.24) is 25.1 Å². The lowest BCUT2D eigenvalue weighted by molar-refractivity contribution is 0.102. The normalized spacial score (nSPS) is 16.4. The number of carbonyl (C=O) groups excluding carboxylic acids is 1. The topological polar surface area (TPSA) is 104 Å². The van der Waals surface area contributed by atoms with Gasteiger partial charge in [-0.15, -0.1) is 5.10 Å². The van der Waals surface area contributed by atoms with E-state index < -0.39 is 0 Å². The summed E-state index contributed by atoms with van der Waals surface area (Å²) in [6, 6.07) is 18.3. The monoisotopic (exact) mass is 484 g/mol. The number of aromatic nitrogens is 4. The number of tetrazole rings is 1. The number of benzene rings is 3. The molecule has 6 rings (SSSR count). The molecule has 1 aromatic heterocycles. The molecule has 0 aliphatic carbocycles. The second-order valence-electron chi connectivity index (χ2n) is 8.67. The summed E-state index contributed by atoms with van der Waals surface area (Å²) in [6.45, 7) is 0.956. The highest BCUT2D eigenvalue weighted by atomic mass is 16.7. The molecule has 1 amide bonds. The van der Waals surface area contributed by atoms with Gasteiger partial charge in [-0.3, -0.25) is 9.69 Å². The number of ether oxygens (including phenoxy) is 3. The van der Waals surface area contributed by atoms with Gasteiger partial charge < -0.3 is 19.5 Å². The van der Waals surface area contributed by atoms with E-state index in [0.717, 1.165) is 29.8 Å². The van der Waals surface area contributed by atoms with Crippen molar-refractivity contribution in [2.75, 3.05) is 32.8 Å². The lowest BCUT2D eigenvalue weighted by Crippen LogP contribution is -2.35. The van der Waals surface area contributed by atoms with Crippen LogP contribution in [0.15, 0.2) is 60.7 Å². The third-order valence-electron chi connectivity index (χ3n) is 6.52. The van der Waals surface area contributed by atoms with Crippen LogP contribution in [0.3, 0.4) is 0 Å². The maximum Gasteiger partial charge on any atom is 0.255 e. The van der Waals surface area contributed by atoms with Crippen molar-refractivity contribution in [2.45, 2.75) is 12.5 Å². The van der Waals surface area contributed by atoms with Gasteiger partial charge in [-0.05, 0) is 65.9 Å². The number of anilines is 1. The maximum absolute atomic E-state index is 12.9. The smallest absolute Gasteiger partial charge is 0.255 e. The zero-order valence-electron chi connectivity index (χ0n) is 19.8. The van der Waals surface area contributed by atoms with Crippen LogP contribution < -0.4 is 19.5 Å². The van der Waals surface area contributed by atoms with Gasteiger partial charge in [0.2, 0.25) is 12.5 Å². The molecule has 2 aliphatic heterocycles. The number of hydrogen-bond acceptors (Lipinski definition) is 8.